The van der Waals surface area contributed by atoms with Crippen molar-refractivity contribution in [3.05, 3.63) is 125 Å². The lowest BCUT2D eigenvalue weighted by Gasteiger charge is -2.45. The maximum atomic E-state index is 13.8. The zero-order chi connectivity index (χ0) is 24.9. The Morgan fingerprint density at radius 2 is 1.53 bits per heavy atom. The summed E-state index contributed by atoms with van der Waals surface area (Å²) in [5, 5.41) is 5.84. The van der Waals surface area contributed by atoms with Gasteiger partial charge in [0.2, 0.25) is 0 Å². The summed E-state index contributed by atoms with van der Waals surface area (Å²) in [5.41, 5.74) is 4.07. The smallest absolute Gasteiger partial charge is 0.319 e. The van der Waals surface area contributed by atoms with Gasteiger partial charge in [-0.1, -0.05) is 76.6 Å². The third-order valence-corrected chi connectivity index (χ3v) is 6.56. The molecule has 1 heterocycles. The van der Waals surface area contributed by atoms with Crippen molar-refractivity contribution in [3.63, 3.8) is 0 Å². The first-order chi connectivity index (χ1) is 17.6. The van der Waals surface area contributed by atoms with E-state index >= 15 is 0 Å². The lowest BCUT2D eigenvalue weighted by molar-refractivity contribution is 0.0645. The summed E-state index contributed by atoms with van der Waals surface area (Å²) in [5.74, 6) is -0.0759. The molecule has 180 valence electrons. The molecule has 3 amide bonds. The van der Waals surface area contributed by atoms with Gasteiger partial charge in [0, 0.05) is 22.4 Å². The van der Waals surface area contributed by atoms with Gasteiger partial charge in [0.15, 0.2) is 0 Å². The third kappa shape index (κ3) is 5.11. The number of nitrogens with zero attached hydrogens (tertiary/aromatic N) is 2. The predicted octanol–water partition coefficient (Wildman–Crippen LogP) is 6.39. The van der Waals surface area contributed by atoms with Crippen molar-refractivity contribution in [2.75, 3.05) is 16.8 Å². The van der Waals surface area contributed by atoms with Crippen LogP contribution in [0.5, 0.6) is 0 Å². The number of carbonyl (C=O) groups is 2. The molecule has 0 radical (unpaired) electrons. The van der Waals surface area contributed by atoms with Gasteiger partial charge in [0.1, 0.15) is 6.17 Å². The third-order valence-electron chi connectivity index (χ3n) is 6.07. The number of fused-ring (bicyclic) bond motifs is 1. The topological polar surface area (TPSA) is 64.7 Å². The molecule has 5 rings (SSSR count). The van der Waals surface area contributed by atoms with Crippen LogP contribution in [0.1, 0.15) is 15.9 Å². The average Bonchev–Trinajstić information content (AvgIpc) is 2.90. The fourth-order valence-corrected chi connectivity index (χ4v) is 4.89. The Morgan fingerprint density at radius 3 is 2.28 bits per heavy atom. The molecule has 0 aliphatic carbocycles. The molecule has 1 aliphatic rings. The van der Waals surface area contributed by atoms with Crippen LogP contribution in [0.4, 0.5) is 21.9 Å². The van der Waals surface area contributed by atoms with Crippen molar-refractivity contribution in [1.82, 2.24) is 10.2 Å². The zero-order valence-corrected chi connectivity index (χ0v) is 21.1. The van der Waals surface area contributed by atoms with Crippen LogP contribution in [0, 0.1) is 0 Å². The summed E-state index contributed by atoms with van der Waals surface area (Å²) in [4.78, 5) is 30.5. The van der Waals surface area contributed by atoms with Gasteiger partial charge in [-0.2, -0.15) is 0 Å². The Kier molecular flexibility index (Phi) is 7.00. The molecule has 0 bridgehead atoms. The normalized spacial score (nSPS) is 14.8. The van der Waals surface area contributed by atoms with E-state index in [0.29, 0.717) is 17.8 Å². The molecule has 0 spiro atoms. The first kappa shape index (κ1) is 23.6. The fraction of sp³-hybridized carbons (Fsp3) is 0.103. The molecule has 2 N–H and O–H groups in total. The van der Waals surface area contributed by atoms with E-state index in [0.717, 1.165) is 21.4 Å². The molecule has 36 heavy (non-hydrogen) atoms. The van der Waals surface area contributed by atoms with E-state index in [1.54, 1.807) is 0 Å². The van der Waals surface area contributed by atoms with Gasteiger partial charge in [0.25, 0.3) is 5.91 Å². The van der Waals surface area contributed by atoms with Crippen LogP contribution in [-0.2, 0) is 6.54 Å². The van der Waals surface area contributed by atoms with Crippen LogP contribution in [0.2, 0.25) is 0 Å². The summed E-state index contributed by atoms with van der Waals surface area (Å²) >= 11 is 3.53. The minimum atomic E-state index is -0.449. The highest BCUT2D eigenvalue weighted by Gasteiger charge is 2.38. The number of urea groups is 1. The molecule has 0 fully saturated rings. The SMILES string of the molecule is O=C(NCC1N(Cc2cccc(Br)c2)C(=O)c2ccccc2N1c1ccccc1)Nc1ccccc1. The Morgan fingerprint density at radius 1 is 0.833 bits per heavy atom. The number of halogens is 1. The average molecular weight is 541 g/mol. The molecule has 1 atom stereocenters. The molecule has 0 saturated carbocycles. The lowest BCUT2D eigenvalue weighted by Crippen LogP contribution is -2.58. The number of hydrogen-bond acceptors (Lipinski definition) is 3. The molecule has 1 aliphatic heterocycles. The second kappa shape index (κ2) is 10.7. The highest BCUT2D eigenvalue weighted by Crippen LogP contribution is 2.37. The quantitative estimate of drug-likeness (QED) is 0.297. The molecular weight excluding hydrogens is 516 g/mol. The van der Waals surface area contributed by atoms with E-state index < -0.39 is 6.17 Å². The standard InChI is InChI=1S/C29H25BrN4O2/c30-22-11-9-10-21(18-22)20-33-27(19-31-29(36)32-23-12-3-1-4-13-23)34(24-14-5-2-6-15-24)26-17-8-7-16-25(26)28(33)35/h1-18,27H,19-20H2,(H2,31,32,36). The number of benzene rings is 4. The van der Waals surface area contributed by atoms with Gasteiger partial charge >= 0.3 is 6.03 Å². The van der Waals surface area contributed by atoms with Crippen LogP contribution in [0.25, 0.3) is 0 Å². The van der Waals surface area contributed by atoms with Crippen molar-refractivity contribution in [1.29, 1.82) is 0 Å². The summed E-state index contributed by atoms with van der Waals surface area (Å²) in [6.45, 7) is 0.615. The summed E-state index contributed by atoms with van der Waals surface area (Å²) in [7, 11) is 0. The van der Waals surface area contributed by atoms with E-state index in [4.69, 9.17) is 0 Å². The molecule has 7 heteroatoms. The van der Waals surface area contributed by atoms with Crippen LogP contribution in [0.3, 0.4) is 0 Å². The zero-order valence-electron chi connectivity index (χ0n) is 19.5. The van der Waals surface area contributed by atoms with E-state index in [1.165, 1.54) is 0 Å². The minimum Gasteiger partial charge on any atom is -0.334 e. The fourth-order valence-electron chi connectivity index (χ4n) is 4.45. The number of amides is 3. The first-order valence-corrected chi connectivity index (χ1v) is 12.5. The van der Waals surface area contributed by atoms with Crippen molar-refractivity contribution in [2.24, 2.45) is 0 Å². The van der Waals surface area contributed by atoms with E-state index in [2.05, 4.69) is 31.5 Å². The summed E-state index contributed by atoms with van der Waals surface area (Å²) in [6.07, 6.45) is -0.449. The second-order valence-electron chi connectivity index (χ2n) is 8.47. The monoisotopic (exact) mass is 540 g/mol. The van der Waals surface area contributed by atoms with Gasteiger partial charge in [-0.25, -0.2) is 4.79 Å². The molecule has 4 aromatic rings. The Balaban J connectivity index is 1.51. The number of para-hydroxylation sites is 3. The maximum absolute atomic E-state index is 13.8. The molecule has 0 aromatic heterocycles. The van der Waals surface area contributed by atoms with Crippen LogP contribution >= 0.6 is 15.9 Å². The molecule has 1 unspecified atom stereocenters. The van der Waals surface area contributed by atoms with Crippen LogP contribution in [-0.4, -0.2) is 29.5 Å². The van der Waals surface area contributed by atoms with E-state index in [9.17, 15) is 9.59 Å². The summed E-state index contributed by atoms with van der Waals surface area (Å²) in [6, 6.07) is 34.4. The number of nitrogens with one attached hydrogen (secondary N) is 2. The van der Waals surface area contributed by atoms with E-state index in [-0.39, 0.29) is 18.5 Å². The van der Waals surface area contributed by atoms with Crippen LogP contribution in [0.15, 0.2) is 114 Å². The summed E-state index contributed by atoms with van der Waals surface area (Å²) < 4.78 is 0.946. The minimum absolute atomic E-state index is 0.0759. The maximum Gasteiger partial charge on any atom is 0.319 e. The molecule has 6 nitrogen and oxygen atoms in total. The molecular formula is C29H25BrN4O2. The van der Waals surface area contributed by atoms with Crippen molar-refractivity contribution >= 4 is 44.9 Å². The first-order valence-electron chi connectivity index (χ1n) is 11.7. The van der Waals surface area contributed by atoms with E-state index in [1.807, 2.05) is 114 Å². The van der Waals surface area contributed by atoms with Crippen molar-refractivity contribution in [3.8, 4) is 0 Å². The van der Waals surface area contributed by atoms with Gasteiger partial charge in [-0.15, -0.1) is 0 Å². The Hall–Kier alpha value is -4.10. The Bertz CT molecular complexity index is 1360. The van der Waals surface area contributed by atoms with Gasteiger partial charge in [0.05, 0.1) is 17.8 Å². The second-order valence-corrected chi connectivity index (χ2v) is 9.38. The number of rotatable bonds is 6. The molecule has 0 saturated heterocycles. The van der Waals surface area contributed by atoms with Crippen molar-refractivity contribution < 1.29 is 9.59 Å². The lowest BCUT2D eigenvalue weighted by atomic mass is 10.0. The van der Waals surface area contributed by atoms with Gasteiger partial charge < -0.3 is 20.4 Å². The highest BCUT2D eigenvalue weighted by molar-refractivity contribution is 9.10. The number of carbonyl (C=O) groups excluding carboxylic acids is 2. The number of anilines is 3. The van der Waals surface area contributed by atoms with Crippen LogP contribution < -0.4 is 15.5 Å². The van der Waals surface area contributed by atoms with Gasteiger partial charge in [-0.3, -0.25) is 4.79 Å². The molecule has 4 aromatic carbocycles. The van der Waals surface area contributed by atoms with Gasteiger partial charge in [-0.05, 0) is 54.1 Å². The Labute approximate surface area is 218 Å². The predicted molar refractivity (Wildman–Crippen MR) is 146 cm³/mol. The van der Waals surface area contributed by atoms with Crippen molar-refractivity contribution in [2.45, 2.75) is 12.7 Å². The number of hydrogen-bond donors (Lipinski definition) is 2. The largest absolute Gasteiger partial charge is 0.334 e. The highest BCUT2D eigenvalue weighted by atomic mass is 79.9.